The molecule has 0 unspecified atom stereocenters. The average molecular weight is 444 g/mol. The van der Waals surface area contributed by atoms with Crippen molar-refractivity contribution in [3.63, 3.8) is 0 Å². The normalized spacial score (nSPS) is 16.5. The van der Waals surface area contributed by atoms with Gasteiger partial charge in [-0.05, 0) is 73.9 Å². The van der Waals surface area contributed by atoms with Crippen LogP contribution < -0.4 is 10.6 Å². The Morgan fingerprint density at radius 1 is 1.17 bits per heavy atom. The summed E-state index contributed by atoms with van der Waals surface area (Å²) in [5.41, 5.74) is -0.401. The number of carbonyl (C=O) groups excluding carboxylic acids is 2. The van der Waals surface area contributed by atoms with Crippen molar-refractivity contribution in [1.29, 1.82) is 0 Å². The zero-order valence-electron chi connectivity index (χ0n) is 14.4. The molecule has 0 aliphatic heterocycles. The van der Waals surface area contributed by atoms with Crippen molar-refractivity contribution in [2.45, 2.75) is 64.1 Å². The number of halogens is 1. The van der Waals surface area contributed by atoms with Gasteiger partial charge in [-0.3, -0.25) is 4.79 Å². The molecule has 1 saturated carbocycles. The molecule has 1 fully saturated rings. The van der Waals surface area contributed by atoms with Crippen molar-refractivity contribution < 1.29 is 14.3 Å². The molecular weight excluding hydrogens is 419 g/mol. The van der Waals surface area contributed by atoms with Gasteiger partial charge in [0.25, 0.3) is 0 Å². The molecule has 0 aromatic heterocycles. The van der Waals surface area contributed by atoms with Gasteiger partial charge in [-0.1, -0.05) is 25.0 Å². The van der Waals surface area contributed by atoms with E-state index >= 15 is 0 Å². The Labute approximate surface area is 157 Å². The Balaban J connectivity index is 1.99. The lowest BCUT2D eigenvalue weighted by atomic mass is 9.96. The first-order valence-corrected chi connectivity index (χ1v) is 9.32. The highest BCUT2D eigenvalue weighted by Gasteiger charge is 2.43. The molecule has 0 heterocycles. The fourth-order valence-corrected chi connectivity index (χ4v) is 3.20. The summed E-state index contributed by atoms with van der Waals surface area (Å²) in [5.74, 6) is -0.135. The largest absolute Gasteiger partial charge is 0.444 e. The molecule has 0 atom stereocenters. The molecule has 2 amide bonds. The number of nitrogens with one attached hydrogen (secondary N) is 2. The zero-order chi connectivity index (χ0) is 17.8. The van der Waals surface area contributed by atoms with Crippen LogP contribution in [0.2, 0.25) is 0 Å². The fourth-order valence-electron chi connectivity index (χ4n) is 2.84. The molecule has 0 spiro atoms. The van der Waals surface area contributed by atoms with Gasteiger partial charge in [-0.15, -0.1) is 0 Å². The van der Waals surface area contributed by atoms with E-state index in [4.69, 9.17) is 4.74 Å². The van der Waals surface area contributed by atoms with Crippen LogP contribution in [-0.4, -0.2) is 23.1 Å². The lowest BCUT2D eigenvalue weighted by molar-refractivity contribution is -0.127. The van der Waals surface area contributed by atoms with E-state index in [1.54, 1.807) is 0 Å². The van der Waals surface area contributed by atoms with Crippen LogP contribution in [0.25, 0.3) is 0 Å². The summed E-state index contributed by atoms with van der Waals surface area (Å²) in [6, 6.07) is 7.99. The summed E-state index contributed by atoms with van der Waals surface area (Å²) in [7, 11) is 0. The van der Waals surface area contributed by atoms with E-state index in [0.717, 1.165) is 22.0 Å². The molecule has 24 heavy (non-hydrogen) atoms. The number of carbonyl (C=O) groups is 2. The van der Waals surface area contributed by atoms with Gasteiger partial charge in [0.05, 0.1) is 0 Å². The maximum absolute atomic E-state index is 12.7. The van der Waals surface area contributed by atoms with E-state index < -0.39 is 17.2 Å². The molecule has 0 bridgehead atoms. The minimum Gasteiger partial charge on any atom is -0.444 e. The summed E-state index contributed by atoms with van der Waals surface area (Å²) in [6.07, 6.45) is 2.60. The first-order valence-electron chi connectivity index (χ1n) is 8.24. The lowest BCUT2D eigenvalue weighted by Gasteiger charge is -2.30. The number of ether oxygens (including phenoxy) is 1. The third kappa shape index (κ3) is 5.36. The Kier molecular flexibility index (Phi) is 6.11. The molecule has 2 rings (SSSR count). The van der Waals surface area contributed by atoms with Crippen LogP contribution in [0, 0.1) is 3.57 Å². The van der Waals surface area contributed by atoms with E-state index in [-0.39, 0.29) is 5.91 Å². The third-order valence-electron chi connectivity index (χ3n) is 4.00. The van der Waals surface area contributed by atoms with Gasteiger partial charge in [0.1, 0.15) is 11.1 Å². The van der Waals surface area contributed by atoms with Crippen LogP contribution >= 0.6 is 22.6 Å². The highest BCUT2D eigenvalue weighted by atomic mass is 127. The van der Waals surface area contributed by atoms with Gasteiger partial charge in [0.15, 0.2) is 0 Å². The van der Waals surface area contributed by atoms with E-state index in [1.165, 1.54) is 0 Å². The molecule has 2 N–H and O–H groups in total. The van der Waals surface area contributed by atoms with Crippen LogP contribution in [0.15, 0.2) is 24.3 Å². The molecule has 1 aliphatic rings. The minimum atomic E-state index is -0.856. The Bertz CT molecular complexity index is 587. The lowest BCUT2D eigenvalue weighted by Crippen LogP contribution is -2.57. The van der Waals surface area contributed by atoms with Gasteiger partial charge in [0.2, 0.25) is 5.91 Å². The molecule has 0 radical (unpaired) electrons. The summed E-state index contributed by atoms with van der Waals surface area (Å²) >= 11 is 2.25. The number of alkyl carbamates (subject to hydrolysis) is 1. The number of benzene rings is 1. The third-order valence-corrected chi connectivity index (χ3v) is 4.72. The summed E-state index contributed by atoms with van der Waals surface area (Å²) < 4.78 is 6.47. The monoisotopic (exact) mass is 444 g/mol. The molecule has 1 aliphatic carbocycles. The Morgan fingerprint density at radius 2 is 1.75 bits per heavy atom. The van der Waals surface area contributed by atoms with Crippen molar-refractivity contribution >= 4 is 34.6 Å². The highest BCUT2D eigenvalue weighted by molar-refractivity contribution is 14.1. The molecule has 5 nitrogen and oxygen atoms in total. The number of hydrogen-bond donors (Lipinski definition) is 2. The predicted octanol–water partition coefficient (Wildman–Crippen LogP) is 3.74. The minimum absolute atomic E-state index is 0.135. The van der Waals surface area contributed by atoms with Crippen LogP contribution in [0.5, 0.6) is 0 Å². The van der Waals surface area contributed by atoms with Gasteiger partial charge in [0, 0.05) is 10.1 Å². The molecular formula is C18H25IN2O3. The van der Waals surface area contributed by atoms with Crippen molar-refractivity contribution in [3.05, 3.63) is 33.4 Å². The van der Waals surface area contributed by atoms with E-state index in [1.807, 2.05) is 45.0 Å². The smallest absolute Gasteiger partial charge is 0.408 e. The van der Waals surface area contributed by atoms with Gasteiger partial charge >= 0.3 is 6.09 Å². The van der Waals surface area contributed by atoms with E-state index in [0.29, 0.717) is 19.4 Å². The van der Waals surface area contributed by atoms with E-state index in [2.05, 4.69) is 33.2 Å². The summed E-state index contributed by atoms with van der Waals surface area (Å²) in [4.78, 5) is 24.8. The highest BCUT2D eigenvalue weighted by Crippen LogP contribution is 2.30. The average Bonchev–Trinajstić information content (AvgIpc) is 2.94. The number of amides is 2. The van der Waals surface area contributed by atoms with Crippen LogP contribution in [-0.2, 0) is 16.1 Å². The van der Waals surface area contributed by atoms with Crippen LogP contribution in [0.1, 0.15) is 52.0 Å². The predicted molar refractivity (Wildman–Crippen MR) is 102 cm³/mol. The number of rotatable bonds is 4. The SMILES string of the molecule is CC(C)(C)OC(=O)NC1(C(=O)NCc2ccc(I)cc2)CCCC1. The second-order valence-corrected chi connectivity index (χ2v) is 8.47. The van der Waals surface area contributed by atoms with Crippen molar-refractivity contribution in [2.24, 2.45) is 0 Å². The Hall–Kier alpha value is -1.31. The topological polar surface area (TPSA) is 67.4 Å². The van der Waals surface area contributed by atoms with Gasteiger partial charge in [-0.2, -0.15) is 0 Å². The fraction of sp³-hybridized carbons (Fsp3) is 0.556. The molecule has 1 aromatic rings. The van der Waals surface area contributed by atoms with Crippen LogP contribution in [0.3, 0.4) is 0 Å². The maximum Gasteiger partial charge on any atom is 0.408 e. The molecule has 1 aromatic carbocycles. The van der Waals surface area contributed by atoms with Gasteiger partial charge in [-0.25, -0.2) is 4.79 Å². The first-order chi connectivity index (χ1) is 11.2. The number of hydrogen-bond acceptors (Lipinski definition) is 3. The quantitative estimate of drug-likeness (QED) is 0.696. The second kappa shape index (κ2) is 7.72. The second-order valence-electron chi connectivity index (χ2n) is 7.23. The molecule has 0 saturated heterocycles. The van der Waals surface area contributed by atoms with Crippen molar-refractivity contribution in [2.75, 3.05) is 0 Å². The van der Waals surface area contributed by atoms with Gasteiger partial charge < -0.3 is 15.4 Å². The van der Waals surface area contributed by atoms with Crippen molar-refractivity contribution in [1.82, 2.24) is 10.6 Å². The summed E-state index contributed by atoms with van der Waals surface area (Å²) in [6.45, 7) is 5.88. The summed E-state index contributed by atoms with van der Waals surface area (Å²) in [5, 5.41) is 5.78. The molecule has 6 heteroatoms. The van der Waals surface area contributed by atoms with Crippen LogP contribution in [0.4, 0.5) is 4.79 Å². The maximum atomic E-state index is 12.7. The van der Waals surface area contributed by atoms with E-state index in [9.17, 15) is 9.59 Å². The standard InChI is InChI=1S/C18H25IN2O3/c1-17(2,3)24-16(23)21-18(10-4-5-11-18)15(22)20-12-13-6-8-14(19)9-7-13/h6-9H,4-5,10-12H2,1-3H3,(H,20,22)(H,21,23). The van der Waals surface area contributed by atoms with Crippen molar-refractivity contribution in [3.8, 4) is 0 Å². The zero-order valence-corrected chi connectivity index (χ0v) is 16.6. The first kappa shape index (κ1) is 19.0. The molecule has 132 valence electrons. The Morgan fingerprint density at radius 3 is 2.29 bits per heavy atom.